The molecular weight excluding hydrogens is 483 g/mol. The highest BCUT2D eigenvalue weighted by Crippen LogP contribution is 2.33. The van der Waals surface area contributed by atoms with Crippen molar-refractivity contribution in [2.45, 2.75) is 26.3 Å². The quantitative estimate of drug-likeness (QED) is 0.259. The second kappa shape index (κ2) is 12.4. The van der Waals surface area contributed by atoms with Gasteiger partial charge in [-0.05, 0) is 43.0 Å². The number of aliphatic imine (C=N–C) groups is 1. The van der Waals surface area contributed by atoms with E-state index in [1.165, 1.54) is 11.1 Å². The molecule has 164 valence electrons. The van der Waals surface area contributed by atoms with Gasteiger partial charge in [-0.2, -0.15) is 0 Å². The van der Waals surface area contributed by atoms with Crippen molar-refractivity contribution in [1.29, 1.82) is 0 Å². The van der Waals surface area contributed by atoms with E-state index >= 15 is 0 Å². The summed E-state index contributed by atoms with van der Waals surface area (Å²) in [7, 11) is 3.37. The van der Waals surface area contributed by atoms with Crippen LogP contribution >= 0.6 is 24.0 Å². The molecule has 1 N–H and O–H groups in total. The van der Waals surface area contributed by atoms with E-state index in [0.717, 1.165) is 89.3 Å². The molecule has 29 heavy (non-hydrogen) atoms. The Bertz CT molecular complexity index is 666. The van der Waals surface area contributed by atoms with E-state index in [1.54, 1.807) is 14.2 Å². The lowest BCUT2D eigenvalue weighted by Crippen LogP contribution is -2.44. The molecule has 1 fully saturated rings. The first-order valence-corrected chi connectivity index (χ1v) is 10.3. The Morgan fingerprint density at radius 1 is 1.10 bits per heavy atom. The normalized spacial score (nSPS) is 17.3. The van der Waals surface area contributed by atoms with E-state index in [9.17, 15) is 0 Å². The SMILES string of the molecule is CCNC(=NCCCN1CCOCC1)N1CCc2cc(OC)c(OC)cc2C1.I. The van der Waals surface area contributed by atoms with Crippen LogP contribution in [0.1, 0.15) is 24.5 Å². The molecule has 1 aromatic carbocycles. The lowest BCUT2D eigenvalue weighted by Gasteiger charge is -2.32. The van der Waals surface area contributed by atoms with E-state index in [0.29, 0.717) is 0 Å². The van der Waals surface area contributed by atoms with Crippen molar-refractivity contribution in [3.05, 3.63) is 23.3 Å². The molecule has 0 bridgehead atoms. The average Bonchev–Trinajstić information content (AvgIpc) is 2.75. The van der Waals surface area contributed by atoms with Crippen molar-refractivity contribution >= 4 is 29.9 Å². The summed E-state index contributed by atoms with van der Waals surface area (Å²) in [5.41, 5.74) is 2.61. The van der Waals surface area contributed by atoms with Crippen molar-refractivity contribution in [1.82, 2.24) is 15.1 Å². The molecule has 0 unspecified atom stereocenters. The number of morpholine rings is 1. The molecule has 8 heteroatoms. The van der Waals surface area contributed by atoms with Gasteiger partial charge in [0.25, 0.3) is 0 Å². The van der Waals surface area contributed by atoms with Gasteiger partial charge in [-0.1, -0.05) is 0 Å². The first-order valence-electron chi connectivity index (χ1n) is 10.3. The molecule has 0 amide bonds. The fourth-order valence-electron chi connectivity index (χ4n) is 3.79. The minimum absolute atomic E-state index is 0. The standard InChI is InChI=1S/C21H34N4O3.HI/c1-4-22-21(23-7-5-8-24-10-12-28-13-11-24)25-9-6-17-14-19(26-2)20(27-3)15-18(17)16-25;/h14-15H,4-13,16H2,1-3H3,(H,22,23);1H. The fourth-order valence-corrected chi connectivity index (χ4v) is 3.79. The van der Waals surface area contributed by atoms with Crippen LogP contribution in [0, 0.1) is 0 Å². The zero-order chi connectivity index (χ0) is 19.8. The predicted molar refractivity (Wildman–Crippen MR) is 127 cm³/mol. The number of methoxy groups -OCH3 is 2. The molecule has 0 atom stereocenters. The summed E-state index contributed by atoms with van der Waals surface area (Å²) in [5.74, 6) is 2.60. The number of hydrogen-bond acceptors (Lipinski definition) is 5. The molecule has 0 aliphatic carbocycles. The highest BCUT2D eigenvalue weighted by molar-refractivity contribution is 14.0. The van der Waals surface area contributed by atoms with Crippen LogP contribution in [-0.4, -0.2) is 82.5 Å². The zero-order valence-electron chi connectivity index (χ0n) is 17.9. The van der Waals surface area contributed by atoms with Crippen molar-refractivity contribution in [2.24, 2.45) is 4.99 Å². The average molecular weight is 518 g/mol. The number of fused-ring (bicyclic) bond motifs is 1. The lowest BCUT2D eigenvalue weighted by molar-refractivity contribution is 0.0377. The Balaban J connectivity index is 0.00000300. The van der Waals surface area contributed by atoms with Gasteiger partial charge >= 0.3 is 0 Å². The maximum Gasteiger partial charge on any atom is 0.194 e. The second-order valence-corrected chi connectivity index (χ2v) is 7.19. The number of rotatable bonds is 7. The summed E-state index contributed by atoms with van der Waals surface area (Å²) in [6.45, 7) is 10.5. The smallest absolute Gasteiger partial charge is 0.194 e. The molecule has 2 aliphatic heterocycles. The largest absolute Gasteiger partial charge is 0.493 e. The van der Waals surface area contributed by atoms with Crippen LogP contribution in [0.4, 0.5) is 0 Å². The summed E-state index contributed by atoms with van der Waals surface area (Å²) in [6, 6.07) is 4.21. The number of nitrogens with zero attached hydrogens (tertiary/aromatic N) is 3. The van der Waals surface area contributed by atoms with Crippen molar-refractivity contribution in [3.8, 4) is 11.5 Å². The van der Waals surface area contributed by atoms with E-state index < -0.39 is 0 Å². The second-order valence-electron chi connectivity index (χ2n) is 7.19. The van der Waals surface area contributed by atoms with Gasteiger partial charge in [0.2, 0.25) is 0 Å². The third-order valence-electron chi connectivity index (χ3n) is 5.35. The summed E-state index contributed by atoms with van der Waals surface area (Å²) in [6.07, 6.45) is 2.05. The van der Waals surface area contributed by atoms with Gasteiger partial charge in [0.15, 0.2) is 17.5 Å². The Labute approximate surface area is 191 Å². The number of benzene rings is 1. The summed E-state index contributed by atoms with van der Waals surface area (Å²) in [4.78, 5) is 9.69. The highest BCUT2D eigenvalue weighted by atomic mass is 127. The maximum atomic E-state index is 5.48. The summed E-state index contributed by atoms with van der Waals surface area (Å²) in [5, 5.41) is 3.46. The van der Waals surface area contributed by atoms with Gasteiger partial charge in [-0.25, -0.2) is 0 Å². The Morgan fingerprint density at radius 3 is 2.45 bits per heavy atom. The van der Waals surface area contributed by atoms with E-state index in [1.807, 2.05) is 0 Å². The molecule has 3 rings (SSSR count). The van der Waals surface area contributed by atoms with Gasteiger partial charge in [0.05, 0.1) is 27.4 Å². The van der Waals surface area contributed by atoms with Crippen LogP contribution in [0.2, 0.25) is 0 Å². The van der Waals surface area contributed by atoms with Crippen molar-refractivity contribution in [2.75, 3.05) is 66.7 Å². The van der Waals surface area contributed by atoms with Gasteiger partial charge in [-0.15, -0.1) is 24.0 Å². The van der Waals surface area contributed by atoms with Crippen LogP contribution in [0.15, 0.2) is 17.1 Å². The van der Waals surface area contributed by atoms with Crippen LogP contribution < -0.4 is 14.8 Å². The highest BCUT2D eigenvalue weighted by Gasteiger charge is 2.21. The number of guanidine groups is 1. The molecule has 0 saturated carbocycles. The Hall–Kier alpha value is -1.26. The number of hydrogen-bond donors (Lipinski definition) is 1. The van der Waals surface area contributed by atoms with Crippen LogP contribution in [0.25, 0.3) is 0 Å². The molecule has 0 spiro atoms. The summed E-state index contributed by atoms with van der Waals surface area (Å²) < 4.78 is 16.3. The molecule has 1 aromatic rings. The zero-order valence-corrected chi connectivity index (χ0v) is 20.2. The number of halogens is 1. The fraction of sp³-hybridized carbons (Fsp3) is 0.667. The molecule has 0 aromatic heterocycles. The van der Waals surface area contributed by atoms with E-state index in [4.69, 9.17) is 19.2 Å². The topological polar surface area (TPSA) is 58.6 Å². The van der Waals surface area contributed by atoms with Gasteiger partial charge in [0, 0.05) is 45.8 Å². The first kappa shape index (κ1) is 24.0. The molecular formula is C21H35IN4O3. The Kier molecular flexibility index (Phi) is 10.3. The van der Waals surface area contributed by atoms with Crippen LogP contribution in [0.3, 0.4) is 0 Å². The number of ether oxygens (including phenoxy) is 3. The van der Waals surface area contributed by atoms with Gasteiger partial charge in [0.1, 0.15) is 0 Å². The number of nitrogens with one attached hydrogen (secondary N) is 1. The van der Waals surface area contributed by atoms with E-state index in [2.05, 4.69) is 34.2 Å². The third-order valence-corrected chi connectivity index (χ3v) is 5.35. The maximum absolute atomic E-state index is 5.48. The monoisotopic (exact) mass is 518 g/mol. The van der Waals surface area contributed by atoms with Gasteiger partial charge < -0.3 is 24.4 Å². The third kappa shape index (κ3) is 6.62. The van der Waals surface area contributed by atoms with Crippen molar-refractivity contribution in [3.63, 3.8) is 0 Å². The molecule has 7 nitrogen and oxygen atoms in total. The minimum atomic E-state index is 0. The lowest BCUT2D eigenvalue weighted by atomic mass is 9.99. The van der Waals surface area contributed by atoms with Crippen molar-refractivity contribution < 1.29 is 14.2 Å². The molecule has 1 saturated heterocycles. The van der Waals surface area contributed by atoms with E-state index in [-0.39, 0.29) is 24.0 Å². The van der Waals surface area contributed by atoms with Crippen LogP contribution in [0.5, 0.6) is 11.5 Å². The van der Waals surface area contributed by atoms with Crippen LogP contribution in [-0.2, 0) is 17.7 Å². The van der Waals surface area contributed by atoms with Gasteiger partial charge in [-0.3, -0.25) is 9.89 Å². The molecule has 0 radical (unpaired) electrons. The minimum Gasteiger partial charge on any atom is -0.493 e. The summed E-state index contributed by atoms with van der Waals surface area (Å²) >= 11 is 0. The molecule has 2 aliphatic rings. The Morgan fingerprint density at radius 2 is 1.79 bits per heavy atom. The molecule has 2 heterocycles. The first-order chi connectivity index (χ1) is 13.7. The predicted octanol–water partition coefficient (Wildman–Crippen LogP) is 2.37.